The van der Waals surface area contributed by atoms with Gasteiger partial charge in [-0.05, 0) is 99.8 Å². The van der Waals surface area contributed by atoms with Crippen molar-refractivity contribution in [2.24, 2.45) is 0 Å². The molecule has 14 rings (SSSR count). The molecule has 0 bridgehead atoms. The minimum absolute atomic E-state index is 0.0733. The number of imidazole rings is 1. The molecule has 6 heterocycles. The van der Waals surface area contributed by atoms with Gasteiger partial charge in [0.15, 0.2) is 16.9 Å². The lowest BCUT2D eigenvalue weighted by atomic mass is 9.83. The van der Waals surface area contributed by atoms with E-state index in [-0.39, 0.29) is 11.2 Å². The summed E-state index contributed by atoms with van der Waals surface area (Å²) >= 11 is 0. The van der Waals surface area contributed by atoms with E-state index in [0.717, 1.165) is 105 Å². The predicted octanol–water partition coefficient (Wildman–Crippen LogP) is 14.3. The van der Waals surface area contributed by atoms with Crippen LogP contribution in [-0.2, 0) is 5.41 Å². The minimum atomic E-state index is -0.141. The smallest absolute Gasteiger partial charge is 0.196 e. The Morgan fingerprint density at radius 3 is 2.03 bits per heavy atom. The second kappa shape index (κ2) is 12.0. The van der Waals surface area contributed by atoms with Crippen molar-refractivity contribution in [3.63, 3.8) is 0 Å². The Labute approximate surface area is 359 Å². The standard InChI is InChI=1S/C56H37N5O2/c1-56(2,3)36-28-34(27-35(29-36)38-30-33(25-26-57-38)31-13-5-4-6-14-31)37-16-12-21-44-50(37)58-55-49-48-47-43(61(44)55)24-23-32-15-11-20-42(46(32)47)60-40-18-8-7-17-39(40)59-41-19-9-10-22-45(41)63-54(53(49)62)52(59)51(48)60/h4-30,62H,1-3H3. The zero-order chi connectivity index (χ0) is 41.9. The van der Waals surface area contributed by atoms with Crippen LogP contribution in [0.15, 0.2) is 168 Å². The summed E-state index contributed by atoms with van der Waals surface area (Å²) in [6.07, 6.45) is 1.90. The zero-order valence-corrected chi connectivity index (χ0v) is 34.7. The quantitative estimate of drug-likeness (QED) is 0.142. The van der Waals surface area contributed by atoms with Crippen molar-refractivity contribution >= 4 is 93.4 Å². The first-order valence-corrected chi connectivity index (χ1v) is 21.5. The Morgan fingerprint density at radius 1 is 0.508 bits per heavy atom. The van der Waals surface area contributed by atoms with Gasteiger partial charge in [0, 0.05) is 33.5 Å². The molecular weight excluding hydrogens is 775 g/mol. The Bertz CT molecular complexity index is 4250. The van der Waals surface area contributed by atoms with E-state index < -0.39 is 0 Å². The number of para-hydroxylation sites is 5. The maximum absolute atomic E-state index is 12.9. The molecule has 0 aliphatic heterocycles. The number of aromatic hydroxyl groups is 1. The van der Waals surface area contributed by atoms with E-state index >= 15 is 0 Å². The molecule has 0 aliphatic rings. The molecule has 0 unspecified atom stereocenters. The van der Waals surface area contributed by atoms with Gasteiger partial charge >= 0.3 is 0 Å². The van der Waals surface area contributed by atoms with Crippen molar-refractivity contribution < 1.29 is 9.52 Å². The number of phenolic OH excluding ortho intramolecular Hbond substituents is 1. The molecule has 0 amide bonds. The topological polar surface area (TPSA) is 72.4 Å². The lowest BCUT2D eigenvalue weighted by Gasteiger charge is -2.24. The second-order valence-corrected chi connectivity index (χ2v) is 18.0. The van der Waals surface area contributed by atoms with Crippen molar-refractivity contribution in [2.45, 2.75) is 26.2 Å². The highest BCUT2D eigenvalue weighted by Crippen LogP contribution is 2.51. The summed E-state index contributed by atoms with van der Waals surface area (Å²) in [6, 6.07) is 55.6. The van der Waals surface area contributed by atoms with Gasteiger partial charge < -0.3 is 13.9 Å². The maximum atomic E-state index is 12.9. The number of fused-ring (bicyclic) bond motifs is 11. The highest BCUT2D eigenvalue weighted by Gasteiger charge is 2.30. The van der Waals surface area contributed by atoms with Gasteiger partial charge in [-0.2, -0.15) is 0 Å². The summed E-state index contributed by atoms with van der Waals surface area (Å²) in [6.45, 7) is 6.77. The lowest BCUT2D eigenvalue weighted by Crippen LogP contribution is -2.11. The number of nitrogens with zero attached hydrogens (tertiary/aromatic N) is 5. The molecule has 7 heteroatoms. The first-order chi connectivity index (χ1) is 30.8. The van der Waals surface area contributed by atoms with Gasteiger partial charge in [-0.3, -0.25) is 13.8 Å². The minimum Gasteiger partial charge on any atom is -0.504 e. The number of pyridine rings is 3. The molecule has 0 radical (unpaired) electrons. The molecule has 8 aromatic carbocycles. The number of hydrogen-bond acceptors (Lipinski definition) is 4. The van der Waals surface area contributed by atoms with Crippen LogP contribution in [0.5, 0.6) is 5.75 Å². The van der Waals surface area contributed by atoms with E-state index in [4.69, 9.17) is 14.4 Å². The summed E-state index contributed by atoms with van der Waals surface area (Å²) in [4.78, 5) is 10.5. The molecule has 63 heavy (non-hydrogen) atoms. The first kappa shape index (κ1) is 34.5. The molecule has 1 N–H and O–H groups in total. The van der Waals surface area contributed by atoms with Gasteiger partial charge in [0.2, 0.25) is 0 Å². The number of benzene rings is 8. The molecule has 0 atom stereocenters. The van der Waals surface area contributed by atoms with E-state index in [2.05, 4.69) is 167 Å². The third kappa shape index (κ3) is 4.52. The van der Waals surface area contributed by atoms with Crippen LogP contribution in [0.25, 0.3) is 127 Å². The number of hydrogen-bond donors (Lipinski definition) is 1. The monoisotopic (exact) mass is 811 g/mol. The van der Waals surface area contributed by atoms with E-state index in [1.807, 2.05) is 30.5 Å². The van der Waals surface area contributed by atoms with Crippen molar-refractivity contribution in [1.82, 2.24) is 23.2 Å². The van der Waals surface area contributed by atoms with Crippen LogP contribution >= 0.6 is 0 Å². The van der Waals surface area contributed by atoms with Crippen LogP contribution in [0, 0.1) is 0 Å². The molecule has 0 spiro atoms. The van der Waals surface area contributed by atoms with Crippen LogP contribution in [0.2, 0.25) is 0 Å². The highest BCUT2D eigenvalue weighted by atomic mass is 16.4. The first-order valence-electron chi connectivity index (χ1n) is 21.5. The largest absolute Gasteiger partial charge is 0.504 e. The molecule has 0 fully saturated rings. The third-order valence-corrected chi connectivity index (χ3v) is 13.4. The van der Waals surface area contributed by atoms with Crippen molar-refractivity contribution in [3.05, 3.63) is 169 Å². The van der Waals surface area contributed by atoms with Crippen LogP contribution in [0.3, 0.4) is 0 Å². The Balaban J connectivity index is 1.15. The summed E-state index contributed by atoms with van der Waals surface area (Å²) in [7, 11) is 0. The van der Waals surface area contributed by atoms with Gasteiger partial charge in [0.05, 0.1) is 55.2 Å². The van der Waals surface area contributed by atoms with Crippen molar-refractivity contribution in [1.29, 1.82) is 0 Å². The fourth-order valence-electron chi connectivity index (χ4n) is 10.6. The summed E-state index contributed by atoms with van der Waals surface area (Å²) in [5.74, 6) is 0.0733. The Kier molecular flexibility index (Phi) is 6.59. The molecule has 14 aromatic rings. The second-order valence-electron chi connectivity index (χ2n) is 18.0. The fraction of sp³-hybridized carbons (Fsp3) is 0.0714. The van der Waals surface area contributed by atoms with Crippen LogP contribution in [0.1, 0.15) is 26.3 Å². The van der Waals surface area contributed by atoms with Gasteiger partial charge in [-0.25, -0.2) is 4.98 Å². The molecule has 0 saturated heterocycles. The lowest BCUT2D eigenvalue weighted by molar-refractivity contribution is 0.473. The highest BCUT2D eigenvalue weighted by molar-refractivity contribution is 6.37. The number of rotatable bonds is 3. The van der Waals surface area contributed by atoms with Crippen LogP contribution in [0.4, 0.5) is 0 Å². The van der Waals surface area contributed by atoms with Gasteiger partial charge in [-0.15, -0.1) is 0 Å². The summed E-state index contributed by atoms with van der Waals surface area (Å²) < 4.78 is 13.7. The molecule has 7 nitrogen and oxygen atoms in total. The van der Waals surface area contributed by atoms with E-state index in [9.17, 15) is 5.11 Å². The Morgan fingerprint density at radius 2 is 1.21 bits per heavy atom. The molecular formula is C56H37N5O2. The summed E-state index contributed by atoms with van der Waals surface area (Å²) in [5.41, 5.74) is 17.9. The van der Waals surface area contributed by atoms with E-state index in [1.165, 1.54) is 5.56 Å². The molecule has 0 aliphatic carbocycles. The van der Waals surface area contributed by atoms with Crippen LogP contribution in [-0.4, -0.2) is 28.3 Å². The van der Waals surface area contributed by atoms with Crippen molar-refractivity contribution in [2.75, 3.05) is 0 Å². The van der Waals surface area contributed by atoms with E-state index in [1.54, 1.807) is 0 Å². The fourth-order valence-corrected chi connectivity index (χ4v) is 10.6. The average molecular weight is 812 g/mol. The van der Waals surface area contributed by atoms with Gasteiger partial charge in [0.1, 0.15) is 11.2 Å². The van der Waals surface area contributed by atoms with Crippen molar-refractivity contribution in [3.8, 4) is 39.3 Å². The summed E-state index contributed by atoms with van der Waals surface area (Å²) in [5, 5.41) is 17.9. The SMILES string of the molecule is CC(C)(C)c1cc(-c2cc(-c3ccccc3)ccn2)cc(-c2cccc3c2nc2c4c(O)c5oc6ccccc6n6c7ccccc7n7c8cccc9ccc(c(c98)c4c7c56)n32)c1. The number of aromatic nitrogens is 5. The molecule has 6 aromatic heterocycles. The van der Waals surface area contributed by atoms with Crippen LogP contribution < -0.4 is 0 Å². The molecule has 298 valence electrons. The van der Waals surface area contributed by atoms with Gasteiger partial charge in [-0.1, -0.05) is 112 Å². The third-order valence-electron chi connectivity index (χ3n) is 13.4. The normalized spacial score (nSPS) is 12.7. The van der Waals surface area contributed by atoms with E-state index in [0.29, 0.717) is 22.2 Å². The maximum Gasteiger partial charge on any atom is 0.196 e. The predicted molar refractivity (Wildman–Crippen MR) is 258 cm³/mol. The number of phenols is 1. The average Bonchev–Trinajstić information content (AvgIpc) is 3.72. The zero-order valence-electron chi connectivity index (χ0n) is 34.7. The molecule has 0 saturated carbocycles. The van der Waals surface area contributed by atoms with Gasteiger partial charge in [0.25, 0.3) is 0 Å². The Hall–Kier alpha value is -8.16.